The molecule has 0 aliphatic carbocycles. The number of rotatable bonds is 4. The minimum Gasteiger partial charge on any atom is -0.504 e. The van der Waals surface area contributed by atoms with Crippen LogP contribution in [-0.4, -0.2) is 22.0 Å². The van der Waals surface area contributed by atoms with Crippen molar-refractivity contribution in [1.82, 2.24) is 4.98 Å². The van der Waals surface area contributed by atoms with Crippen molar-refractivity contribution in [3.05, 3.63) is 18.3 Å². The van der Waals surface area contributed by atoms with Crippen LogP contribution in [0.25, 0.3) is 0 Å². The summed E-state index contributed by atoms with van der Waals surface area (Å²) in [5, 5.41) is 11.8. The maximum Gasteiger partial charge on any atom is 0.225 e. The molecule has 0 radical (unpaired) electrons. The first-order valence-corrected chi connectivity index (χ1v) is 4.79. The van der Waals surface area contributed by atoms with E-state index in [1.165, 1.54) is 12.3 Å². The number of anilines is 1. The molecule has 1 amide bonds. The Bertz CT molecular complexity index is 345. The van der Waals surface area contributed by atoms with Crippen LogP contribution in [0.4, 0.5) is 5.82 Å². The van der Waals surface area contributed by atoms with Crippen LogP contribution in [0.3, 0.4) is 0 Å². The Balaban J connectivity index is 0.00000225. The summed E-state index contributed by atoms with van der Waals surface area (Å²) in [7, 11) is 0. The fourth-order valence-corrected chi connectivity index (χ4v) is 1.05. The Kier molecular flexibility index (Phi) is 6.44. The van der Waals surface area contributed by atoms with Crippen LogP contribution in [0.5, 0.6) is 5.75 Å². The largest absolute Gasteiger partial charge is 0.504 e. The van der Waals surface area contributed by atoms with Crippen LogP contribution in [0.15, 0.2) is 18.3 Å². The van der Waals surface area contributed by atoms with Crippen LogP contribution in [0.1, 0.15) is 19.8 Å². The lowest BCUT2D eigenvalue weighted by molar-refractivity contribution is -0.116. The zero-order chi connectivity index (χ0) is 11.3. The van der Waals surface area contributed by atoms with Gasteiger partial charge in [-0.05, 0) is 25.5 Å². The number of pyridine rings is 1. The third-order valence-corrected chi connectivity index (χ3v) is 1.87. The van der Waals surface area contributed by atoms with Crippen molar-refractivity contribution >= 4 is 24.1 Å². The van der Waals surface area contributed by atoms with Gasteiger partial charge in [-0.1, -0.05) is 0 Å². The molecule has 0 fully saturated rings. The van der Waals surface area contributed by atoms with Crippen LogP contribution < -0.4 is 11.1 Å². The predicted molar refractivity (Wildman–Crippen MR) is 64.7 cm³/mol. The van der Waals surface area contributed by atoms with Crippen molar-refractivity contribution in [3.63, 3.8) is 0 Å². The number of hydrogen-bond acceptors (Lipinski definition) is 4. The van der Waals surface area contributed by atoms with Gasteiger partial charge in [0.25, 0.3) is 0 Å². The summed E-state index contributed by atoms with van der Waals surface area (Å²) in [6, 6.07) is 3.05. The van der Waals surface area contributed by atoms with Gasteiger partial charge in [0.1, 0.15) is 0 Å². The average Bonchev–Trinajstić information content (AvgIpc) is 2.18. The van der Waals surface area contributed by atoms with E-state index in [1.807, 2.05) is 6.92 Å². The fourth-order valence-electron chi connectivity index (χ4n) is 1.05. The second-order valence-corrected chi connectivity index (χ2v) is 3.44. The summed E-state index contributed by atoms with van der Waals surface area (Å²) in [4.78, 5) is 15.2. The molecule has 0 bridgehead atoms. The number of aromatic hydroxyl groups is 1. The zero-order valence-corrected chi connectivity index (χ0v) is 9.83. The lowest BCUT2D eigenvalue weighted by Crippen LogP contribution is -2.19. The normalized spacial score (nSPS) is 11.4. The number of amides is 1. The lowest BCUT2D eigenvalue weighted by Gasteiger charge is -2.06. The summed E-state index contributed by atoms with van der Waals surface area (Å²) in [5.74, 6) is -0.0416. The van der Waals surface area contributed by atoms with Gasteiger partial charge < -0.3 is 16.2 Å². The number of carbonyl (C=O) groups is 1. The van der Waals surface area contributed by atoms with Crippen LogP contribution in [0, 0.1) is 0 Å². The van der Waals surface area contributed by atoms with Gasteiger partial charge in [0.05, 0.1) is 0 Å². The number of nitrogens with zero attached hydrogens (tertiary/aromatic N) is 1. The van der Waals surface area contributed by atoms with Crippen LogP contribution in [-0.2, 0) is 4.79 Å². The Morgan fingerprint density at radius 1 is 1.69 bits per heavy atom. The van der Waals surface area contributed by atoms with E-state index in [4.69, 9.17) is 5.73 Å². The Hall–Kier alpha value is -1.33. The Labute approximate surface area is 100 Å². The topological polar surface area (TPSA) is 88.2 Å². The number of nitrogens with one attached hydrogen (secondary N) is 1. The number of halogens is 1. The second kappa shape index (κ2) is 7.03. The molecular formula is C10H16ClN3O2. The molecule has 0 aliphatic heterocycles. The quantitative estimate of drug-likeness (QED) is 0.746. The summed E-state index contributed by atoms with van der Waals surface area (Å²) in [5.41, 5.74) is 5.52. The maximum absolute atomic E-state index is 11.4. The Morgan fingerprint density at radius 2 is 2.38 bits per heavy atom. The third-order valence-electron chi connectivity index (χ3n) is 1.87. The standard InChI is InChI=1S/C10H15N3O2.ClH/c1-7(11)4-5-9(15)13-10-8(14)3-2-6-12-10;/h2-3,6-7,14H,4-5,11H2,1H3,(H,12,13,15);1H. The molecule has 0 saturated heterocycles. The van der Waals surface area contributed by atoms with Crippen molar-refractivity contribution in [2.24, 2.45) is 5.73 Å². The highest BCUT2D eigenvalue weighted by Gasteiger charge is 2.07. The van der Waals surface area contributed by atoms with E-state index in [0.717, 1.165) is 0 Å². The molecule has 0 aromatic carbocycles. The second-order valence-electron chi connectivity index (χ2n) is 3.44. The molecule has 0 spiro atoms. The number of carbonyl (C=O) groups excluding carboxylic acids is 1. The van der Waals surface area contributed by atoms with E-state index in [1.54, 1.807) is 6.07 Å². The molecule has 1 aromatic heterocycles. The van der Waals surface area contributed by atoms with E-state index >= 15 is 0 Å². The molecule has 1 heterocycles. The third kappa shape index (κ3) is 4.95. The number of nitrogens with two attached hydrogens (primary N) is 1. The first-order valence-electron chi connectivity index (χ1n) is 4.79. The van der Waals surface area contributed by atoms with Crippen LogP contribution >= 0.6 is 12.4 Å². The summed E-state index contributed by atoms with van der Waals surface area (Å²) in [6.45, 7) is 1.84. The zero-order valence-electron chi connectivity index (χ0n) is 9.01. The highest BCUT2D eigenvalue weighted by Crippen LogP contribution is 2.18. The van der Waals surface area contributed by atoms with Gasteiger partial charge in [-0.15, -0.1) is 12.4 Å². The summed E-state index contributed by atoms with van der Waals surface area (Å²) < 4.78 is 0. The minimum atomic E-state index is -0.193. The van der Waals surface area contributed by atoms with E-state index in [9.17, 15) is 9.90 Å². The molecule has 0 saturated carbocycles. The van der Waals surface area contributed by atoms with Crippen molar-refractivity contribution in [2.75, 3.05) is 5.32 Å². The molecule has 90 valence electrons. The molecule has 4 N–H and O–H groups in total. The smallest absolute Gasteiger partial charge is 0.225 e. The van der Waals surface area contributed by atoms with Crippen molar-refractivity contribution in [3.8, 4) is 5.75 Å². The molecule has 16 heavy (non-hydrogen) atoms. The van der Waals surface area contributed by atoms with E-state index in [0.29, 0.717) is 12.8 Å². The molecule has 1 aromatic rings. The molecule has 6 heteroatoms. The van der Waals surface area contributed by atoms with Crippen LogP contribution in [0.2, 0.25) is 0 Å². The number of hydrogen-bond donors (Lipinski definition) is 3. The van der Waals surface area contributed by atoms with Gasteiger partial charge in [0.15, 0.2) is 11.6 Å². The van der Waals surface area contributed by atoms with Crippen molar-refractivity contribution < 1.29 is 9.90 Å². The fraction of sp³-hybridized carbons (Fsp3) is 0.400. The molecular weight excluding hydrogens is 230 g/mol. The highest BCUT2D eigenvalue weighted by atomic mass is 35.5. The molecule has 1 atom stereocenters. The van der Waals surface area contributed by atoms with Crippen molar-refractivity contribution in [1.29, 1.82) is 0 Å². The first kappa shape index (κ1) is 14.7. The van der Waals surface area contributed by atoms with Gasteiger partial charge in [0.2, 0.25) is 5.91 Å². The summed E-state index contributed by atoms with van der Waals surface area (Å²) >= 11 is 0. The average molecular weight is 246 g/mol. The maximum atomic E-state index is 11.4. The highest BCUT2D eigenvalue weighted by molar-refractivity contribution is 5.90. The lowest BCUT2D eigenvalue weighted by atomic mass is 10.2. The molecule has 1 rings (SSSR count). The van der Waals surface area contributed by atoms with Gasteiger partial charge in [-0.3, -0.25) is 4.79 Å². The number of aromatic nitrogens is 1. The molecule has 5 nitrogen and oxygen atoms in total. The SMILES string of the molecule is CC(N)CCC(=O)Nc1ncccc1O.Cl. The minimum absolute atomic E-state index is 0. The Morgan fingerprint density at radius 3 is 2.94 bits per heavy atom. The van der Waals surface area contributed by atoms with E-state index in [2.05, 4.69) is 10.3 Å². The van der Waals surface area contributed by atoms with E-state index in [-0.39, 0.29) is 35.9 Å². The molecule has 0 aliphatic rings. The van der Waals surface area contributed by atoms with Gasteiger partial charge in [-0.2, -0.15) is 0 Å². The van der Waals surface area contributed by atoms with Gasteiger partial charge in [0, 0.05) is 18.7 Å². The van der Waals surface area contributed by atoms with Gasteiger partial charge >= 0.3 is 0 Å². The first-order chi connectivity index (χ1) is 7.09. The predicted octanol–water partition coefficient (Wildman–Crippen LogP) is 1.27. The van der Waals surface area contributed by atoms with Gasteiger partial charge in [-0.25, -0.2) is 4.98 Å². The van der Waals surface area contributed by atoms with E-state index < -0.39 is 0 Å². The summed E-state index contributed by atoms with van der Waals surface area (Å²) in [6.07, 6.45) is 2.44. The molecule has 1 unspecified atom stereocenters. The monoisotopic (exact) mass is 245 g/mol. The van der Waals surface area contributed by atoms with Crippen molar-refractivity contribution in [2.45, 2.75) is 25.8 Å².